The number of unbranched alkanes of at least 4 members (excludes halogenated alkanes) is 1. The standard InChI is InChI=1S/C10H17NO4/c1-2-3-7-15-10(14)11-6-4-5-8(11)9(12)13/h8H,2-7H2,1H3,(H,12,13). The molecule has 86 valence electrons. The zero-order valence-electron chi connectivity index (χ0n) is 8.94. The molecule has 0 aliphatic carbocycles. The molecule has 1 aliphatic heterocycles. The third-order valence-corrected chi connectivity index (χ3v) is 2.50. The molecule has 1 unspecified atom stereocenters. The summed E-state index contributed by atoms with van der Waals surface area (Å²) in [6, 6.07) is -0.695. The predicted octanol–water partition coefficient (Wildman–Crippen LogP) is 1.47. The Balaban J connectivity index is 2.40. The van der Waals surface area contributed by atoms with Gasteiger partial charge in [-0.2, -0.15) is 0 Å². The maximum atomic E-state index is 11.5. The maximum Gasteiger partial charge on any atom is 0.410 e. The molecule has 0 aromatic carbocycles. The summed E-state index contributed by atoms with van der Waals surface area (Å²) in [7, 11) is 0. The van der Waals surface area contributed by atoms with E-state index in [1.54, 1.807) is 0 Å². The van der Waals surface area contributed by atoms with Crippen LogP contribution in [0.25, 0.3) is 0 Å². The summed E-state index contributed by atoms with van der Waals surface area (Å²) >= 11 is 0. The maximum absolute atomic E-state index is 11.5. The van der Waals surface area contributed by atoms with Gasteiger partial charge in [-0.15, -0.1) is 0 Å². The number of nitrogens with zero attached hydrogens (tertiary/aromatic N) is 1. The van der Waals surface area contributed by atoms with Crippen LogP contribution in [-0.2, 0) is 9.53 Å². The average Bonchev–Trinajstić information content (AvgIpc) is 2.66. The fraction of sp³-hybridized carbons (Fsp3) is 0.800. The minimum Gasteiger partial charge on any atom is -0.480 e. The quantitative estimate of drug-likeness (QED) is 0.721. The molecule has 1 heterocycles. The second-order valence-electron chi connectivity index (χ2n) is 3.66. The van der Waals surface area contributed by atoms with Crippen LogP contribution in [0.15, 0.2) is 0 Å². The van der Waals surface area contributed by atoms with Crippen LogP contribution >= 0.6 is 0 Å². The van der Waals surface area contributed by atoms with Crippen molar-refractivity contribution in [1.82, 2.24) is 4.90 Å². The van der Waals surface area contributed by atoms with Gasteiger partial charge in [-0.1, -0.05) is 13.3 Å². The van der Waals surface area contributed by atoms with Gasteiger partial charge in [0.2, 0.25) is 0 Å². The smallest absolute Gasteiger partial charge is 0.410 e. The number of carboxylic acids is 1. The van der Waals surface area contributed by atoms with Crippen LogP contribution in [0.3, 0.4) is 0 Å². The summed E-state index contributed by atoms with van der Waals surface area (Å²) in [5.41, 5.74) is 0. The van der Waals surface area contributed by atoms with E-state index >= 15 is 0 Å². The molecule has 5 heteroatoms. The zero-order chi connectivity index (χ0) is 11.3. The number of likely N-dealkylation sites (tertiary alicyclic amines) is 1. The minimum absolute atomic E-state index is 0.373. The van der Waals surface area contributed by atoms with E-state index < -0.39 is 18.1 Å². The molecule has 0 spiro atoms. The number of hydrogen-bond donors (Lipinski definition) is 1. The van der Waals surface area contributed by atoms with E-state index in [9.17, 15) is 9.59 Å². The molecule has 1 saturated heterocycles. The van der Waals surface area contributed by atoms with Crippen molar-refractivity contribution in [3.05, 3.63) is 0 Å². The molecule has 0 radical (unpaired) electrons. The molecule has 1 atom stereocenters. The van der Waals surface area contributed by atoms with Gasteiger partial charge in [0.1, 0.15) is 6.04 Å². The minimum atomic E-state index is -0.944. The van der Waals surface area contributed by atoms with E-state index in [0.29, 0.717) is 19.6 Å². The summed E-state index contributed by atoms with van der Waals surface area (Å²) in [6.45, 7) is 2.86. The molecule has 15 heavy (non-hydrogen) atoms. The van der Waals surface area contributed by atoms with Gasteiger partial charge in [0.25, 0.3) is 0 Å². The molecule has 1 aliphatic rings. The Bertz CT molecular complexity index is 242. The SMILES string of the molecule is CCCCOC(=O)N1CCCC1C(=O)O. The van der Waals surface area contributed by atoms with Crippen molar-refractivity contribution in [3.63, 3.8) is 0 Å². The molecule has 1 N–H and O–H groups in total. The lowest BCUT2D eigenvalue weighted by Crippen LogP contribution is -2.40. The van der Waals surface area contributed by atoms with Crippen molar-refractivity contribution in [2.75, 3.05) is 13.2 Å². The molecule has 0 aromatic heterocycles. The first-order valence-electron chi connectivity index (χ1n) is 5.33. The lowest BCUT2D eigenvalue weighted by molar-refractivity contribution is -0.141. The Morgan fingerprint density at radius 3 is 2.87 bits per heavy atom. The fourth-order valence-electron chi connectivity index (χ4n) is 1.63. The Hall–Kier alpha value is -1.26. The second kappa shape index (κ2) is 5.58. The Labute approximate surface area is 89.0 Å². The van der Waals surface area contributed by atoms with Gasteiger partial charge in [-0.3, -0.25) is 4.90 Å². The van der Waals surface area contributed by atoms with Gasteiger partial charge < -0.3 is 9.84 Å². The van der Waals surface area contributed by atoms with E-state index in [1.165, 1.54) is 4.90 Å². The summed E-state index contributed by atoms with van der Waals surface area (Å²) in [6.07, 6.45) is 2.54. The zero-order valence-corrected chi connectivity index (χ0v) is 8.94. The highest BCUT2D eigenvalue weighted by Crippen LogP contribution is 2.18. The van der Waals surface area contributed by atoms with Crippen LogP contribution in [0.4, 0.5) is 4.79 Å². The number of ether oxygens (including phenoxy) is 1. The normalized spacial score (nSPS) is 20.3. The third-order valence-electron chi connectivity index (χ3n) is 2.50. The Morgan fingerprint density at radius 1 is 1.53 bits per heavy atom. The Morgan fingerprint density at radius 2 is 2.27 bits per heavy atom. The second-order valence-corrected chi connectivity index (χ2v) is 3.66. The predicted molar refractivity (Wildman–Crippen MR) is 53.6 cm³/mol. The van der Waals surface area contributed by atoms with E-state index in [4.69, 9.17) is 9.84 Å². The van der Waals surface area contributed by atoms with E-state index in [0.717, 1.165) is 19.3 Å². The molecular weight excluding hydrogens is 198 g/mol. The molecular formula is C10H17NO4. The average molecular weight is 215 g/mol. The molecule has 0 bridgehead atoms. The van der Waals surface area contributed by atoms with Gasteiger partial charge in [-0.05, 0) is 19.3 Å². The van der Waals surface area contributed by atoms with Crippen LogP contribution in [0.2, 0.25) is 0 Å². The van der Waals surface area contributed by atoms with Crippen molar-refractivity contribution in [2.24, 2.45) is 0 Å². The van der Waals surface area contributed by atoms with Gasteiger partial charge in [0.15, 0.2) is 0 Å². The summed E-state index contributed by atoms with van der Waals surface area (Å²) in [5, 5.41) is 8.85. The summed E-state index contributed by atoms with van der Waals surface area (Å²) in [4.78, 5) is 23.6. The van der Waals surface area contributed by atoms with Crippen molar-refractivity contribution in [3.8, 4) is 0 Å². The highest BCUT2D eigenvalue weighted by atomic mass is 16.6. The van der Waals surface area contributed by atoms with Crippen molar-refractivity contribution in [2.45, 2.75) is 38.6 Å². The molecule has 0 aromatic rings. The van der Waals surface area contributed by atoms with Gasteiger partial charge >= 0.3 is 12.1 Å². The third kappa shape index (κ3) is 3.11. The fourth-order valence-corrected chi connectivity index (χ4v) is 1.63. The number of hydrogen-bond acceptors (Lipinski definition) is 3. The molecule has 1 fully saturated rings. The van der Waals surface area contributed by atoms with Crippen LogP contribution in [0.1, 0.15) is 32.6 Å². The number of carbonyl (C=O) groups excluding carboxylic acids is 1. The molecule has 1 rings (SSSR count). The van der Waals surface area contributed by atoms with E-state index in [1.807, 2.05) is 6.92 Å². The van der Waals surface area contributed by atoms with Gasteiger partial charge in [0.05, 0.1) is 6.61 Å². The first-order valence-corrected chi connectivity index (χ1v) is 5.33. The van der Waals surface area contributed by atoms with Gasteiger partial charge in [0, 0.05) is 6.54 Å². The summed E-state index contributed by atoms with van der Waals surface area (Å²) < 4.78 is 4.97. The number of carbonyl (C=O) groups is 2. The van der Waals surface area contributed by atoms with Gasteiger partial charge in [-0.25, -0.2) is 9.59 Å². The largest absolute Gasteiger partial charge is 0.480 e. The highest BCUT2D eigenvalue weighted by molar-refractivity contribution is 5.80. The van der Waals surface area contributed by atoms with Crippen molar-refractivity contribution < 1.29 is 19.4 Å². The first kappa shape index (κ1) is 11.8. The van der Waals surface area contributed by atoms with Crippen molar-refractivity contribution in [1.29, 1.82) is 0 Å². The molecule has 0 saturated carbocycles. The Kier molecular flexibility index (Phi) is 4.39. The number of aliphatic carboxylic acids is 1. The van der Waals surface area contributed by atoms with Crippen LogP contribution in [-0.4, -0.2) is 41.3 Å². The number of rotatable bonds is 4. The monoisotopic (exact) mass is 215 g/mol. The molecule has 1 amide bonds. The lowest BCUT2D eigenvalue weighted by Gasteiger charge is -2.20. The lowest BCUT2D eigenvalue weighted by atomic mass is 10.2. The van der Waals surface area contributed by atoms with Crippen LogP contribution in [0.5, 0.6) is 0 Å². The van der Waals surface area contributed by atoms with E-state index in [2.05, 4.69) is 0 Å². The highest BCUT2D eigenvalue weighted by Gasteiger charge is 2.34. The van der Waals surface area contributed by atoms with Crippen LogP contribution < -0.4 is 0 Å². The topological polar surface area (TPSA) is 66.8 Å². The molecule has 5 nitrogen and oxygen atoms in total. The first-order chi connectivity index (χ1) is 7.16. The van der Waals surface area contributed by atoms with Crippen LogP contribution in [0, 0.1) is 0 Å². The van der Waals surface area contributed by atoms with E-state index in [-0.39, 0.29) is 0 Å². The van der Waals surface area contributed by atoms with Crippen molar-refractivity contribution >= 4 is 12.1 Å². The summed E-state index contributed by atoms with van der Waals surface area (Å²) in [5.74, 6) is -0.944. The number of amides is 1. The number of carboxylic acid groups (broad SMARTS) is 1.